The van der Waals surface area contributed by atoms with Crippen LogP contribution in [0.2, 0.25) is 0 Å². The molecule has 0 spiro atoms. The lowest BCUT2D eigenvalue weighted by atomic mass is 10.1. The Morgan fingerprint density at radius 2 is 1.67 bits per heavy atom. The van der Waals surface area contributed by atoms with Crippen LogP contribution in [-0.2, 0) is 34.0 Å². The topological polar surface area (TPSA) is 79.9 Å². The van der Waals surface area contributed by atoms with Crippen molar-refractivity contribution in [3.63, 3.8) is 0 Å². The van der Waals surface area contributed by atoms with Crippen molar-refractivity contribution in [1.29, 1.82) is 0 Å². The van der Waals surface area contributed by atoms with Gasteiger partial charge in [-0.15, -0.1) is 0 Å². The van der Waals surface area contributed by atoms with Gasteiger partial charge < -0.3 is 20.1 Å². The number of hydrogen-bond donors (Lipinski definition) is 2. The monoisotopic (exact) mass is 411 g/mol. The summed E-state index contributed by atoms with van der Waals surface area (Å²) in [5, 5.41) is 5.39. The standard InChI is InChI=1S/C23H29N3O4/c1-18(25-23(28)30-17-21-5-3-2-4-6-21)22(27)24-15-19-7-9-20(10-8-19)16-26-11-13-29-14-12-26/h2-10,18H,11-17H2,1H3,(H,24,27)(H,25,28). The first-order valence-electron chi connectivity index (χ1n) is 10.2. The predicted octanol–water partition coefficient (Wildman–Crippen LogP) is 2.45. The maximum atomic E-state index is 12.3. The Hall–Kier alpha value is -2.90. The van der Waals surface area contributed by atoms with E-state index in [4.69, 9.17) is 9.47 Å². The van der Waals surface area contributed by atoms with Crippen molar-refractivity contribution in [1.82, 2.24) is 15.5 Å². The van der Waals surface area contributed by atoms with Gasteiger partial charge in [0.05, 0.1) is 13.2 Å². The third-order valence-corrected chi connectivity index (χ3v) is 4.94. The number of ether oxygens (including phenoxy) is 2. The minimum absolute atomic E-state index is 0.164. The SMILES string of the molecule is CC(NC(=O)OCc1ccccc1)C(=O)NCc1ccc(CN2CCOCC2)cc1. The van der Waals surface area contributed by atoms with E-state index in [-0.39, 0.29) is 12.5 Å². The van der Waals surface area contributed by atoms with Gasteiger partial charge in [0, 0.05) is 26.2 Å². The molecule has 7 heteroatoms. The Balaban J connectivity index is 1.37. The number of carbonyl (C=O) groups is 2. The van der Waals surface area contributed by atoms with Crippen molar-refractivity contribution in [3.05, 3.63) is 71.3 Å². The molecule has 30 heavy (non-hydrogen) atoms. The Morgan fingerprint density at radius 3 is 2.37 bits per heavy atom. The minimum Gasteiger partial charge on any atom is -0.445 e. The maximum absolute atomic E-state index is 12.3. The highest BCUT2D eigenvalue weighted by molar-refractivity contribution is 5.85. The van der Waals surface area contributed by atoms with E-state index in [1.165, 1.54) is 5.56 Å². The number of hydrogen-bond acceptors (Lipinski definition) is 5. The van der Waals surface area contributed by atoms with Crippen molar-refractivity contribution < 1.29 is 19.1 Å². The Kier molecular flexibility index (Phi) is 8.23. The molecule has 1 atom stereocenters. The summed E-state index contributed by atoms with van der Waals surface area (Å²) in [6, 6.07) is 16.9. The number of carbonyl (C=O) groups excluding carboxylic acids is 2. The van der Waals surface area contributed by atoms with Crippen molar-refractivity contribution in [2.45, 2.75) is 32.7 Å². The molecule has 0 aromatic heterocycles. The van der Waals surface area contributed by atoms with E-state index in [1.807, 2.05) is 42.5 Å². The van der Waals surface area contributed by atoms with Gasteiger partial charge in [0.1, 0.15) is 12.6 Å². The summed E-state index contributed by atoms with van der Waals surface area (Å²) in [5.74, 6) is -0.260. The first-order chi connectivity index (χ1) is 14.6. The van der Waals surface area contributed by atoms with Crippen LogP contribution in [0.15, 0.2) is 54.6 Å². The molecule has 1 saturated heterocycles. The average Bonchev–Trinajstić information content (AvgIpc) is 2.78. The first kappa shape index (κ1) is 21.8. The summed E-state index contributed by atoms with van der Waals surface area (Å²) in [5.41, 5.74) is 3.14. The average molecular weight is 412 g/mol. The molecule has 0 saturated carbocycles. The molecule has 3 rings (SSSR count). The van der Waals surface area contributed by atoms with E-state index in [9.17, 15) is 9.59 Å². The van der Waals surface area contributed by atoms with E-state index < -0.39 is 12.1 Å². The summed E-state index contributed by atoms with van der Waals surface area (Å²) in [6.45, 7) is 6.59. The van der Waals surface area contributed by atoms with Crippen molar-refractivity contribution in [3.8, 4) is 0 Å². The summed E-state index contributed by atoms with van der Waals surface area (Å²) in [6.07, 6.45) is -0.617. The quantitative estimate of drug-likeness (QED) is 0.698. The number of alkyl carbamates (subject to hydrolysis) is 1. The molecular weight excluding hydrogens is 382 g/mol. The lowest BCUT2D eigenvalue weighted by Gasteiger charge is -2.26. The van der Waals surface area contributed by atoms with Gasteiger partial charge in [-0.05, 0) is 23.6 Å². The normalized spacial score (nSPS) is 15.2. The van der Waals surface area contributed by atoms with Crippen LogP contribution < -0.4 is 10.6 Å². The molecule has 1 aliphatic heterocycles. The Bertz CT molecular complexity index is 805. The second-order valence-corrected chi connectivity index (χ2v) is 7.35. The zero-order valence-electron chi connectivity index (χ0n) is 17.3. The van der Waals surface area contributed by atoms with Gasteiger partial charge in [0.25, 0.3) is 0 Å². The number of amides is 2. The minimum atomic E-state index is -0.686. The molecule has 7 nitrogen and oxygen atoms in total. The molecule has 1 unspecified atom stereocenters. The van der Waals surface area contributed by atoms with Crippen LogP contribution in [-0.4, -0.2) is 49.2 Å². The van der Waals surface area contributed by atoms with Gasteiger partial charge in [-0.2, -0.15) is 0 Å². The summed E-state index contributed by atoms with van der Waals surface area (Å²) < 4.78 is 10.5. The highest BCUT2D eigenvalue weighted by Crippen LogP contribution is 2.09. The molecule has 1 fully saturated rings. The molecule has 160 valence electrons. The Labute approximate surface area is 177 Å². The van der Waals surface area contributed by atoms with Gasteiger partial charge in [-0.1, -0.05) is 54.6 Å². The van der Waals surface area contributed by atoms with Crippen LogP contribution in [0.25, 0.3) is 0 Å². The summed E-state index contributed by atoms with van der Waals surface area (Å²) in [4.78, 5) is 26.5. The van der Waals surface area contributed by atoms with E-state index >= 15 is 0 Å². The van der Waals surface area contributed by atoms with Crippen molar-refractivity contribution in [2.75, 3.05) is 26.3 Å². The zero-order valence-corrected chi connectivity index (χ0v) is 17.3. The van der Waals surface area contributed by atoms with Crippen molar-refractivity contribution in [2.24, 2.45) is 0 Å². The molecule has 2 aromatic carbocycles. The van der Waals surface area contributed by atoms with Crippen molar-refractivity contribution >= 4 is 12.0 Å². The van der Waals surface area contributed by atoms with Crippen LogP contribution in [0.5, 0.6) is 0 Å². The highest BCUT2D eigenvalue weighted by Gasteiger charge is 2.16. The van der Waals surface area contributed by atoms with E-state index in [2.05, 4.69) is 27.7 Å². The number of nitrogens with one attached hydrogen (secondary N) is 2. The van der Waals surface area contributed by atoms with Crippen LogP contribution in [0.1, 0.15) is 23.6 Å². The van der Waals surface area contributed by atoms with Crippen LogP contribution >= 0.6 is 0 Å². The zero-order chi connectivity index (χ0) is 21.2. The number of benzene rings is 2. The van der Waals surface area contributed by atoms with Gasteiger partial charge in [0.2, 0.25) is 5.91 Å². The molecule has 0 bridgehead atoms. The highest BCUT2D eigenvalue weighted by atomic mass is 16.5. The van der Waals surface area contributed by atoms with Gasteiger partial charge in [-0.3, -0.25) is 9.69 Å². The smallest absolute Gasteiger partial charge is 0.408 e. The predicted molar refractivity (Wildman–Crippen MR) is 114 cm³/mol. The third-order valence-electron chi connectivity index (χ3n) is 4.94. The van der Waals surface area contributed by atoms with Crippen LogP contribution in [0, 0.1) is 0 Å². The largest absolute Gasteiger partial charge is 0.445 e. The Morgan fingerprint density at radius 1 is 1.00 bits per heavy atom. The molecule has 1 aliphatic rings. The fraction of sp³-hybridized carbons (Fsp3) is 0.391. The van der Waals surface area contributed by atoms with Gasteiger partial charge in [-0.25, -0.2) is 4.79 Å². The fourth-order valence-corrected chi connectivity index (χ4v) is 3.13. The molecule has 2 amide bonds. The summed E-state index contributed by atoms with van der Waals surface area (Å²) >= 11 is 0. The molecule has 0 radical (unpaired) electrons. The fourth-order valence-electron chi connectivity index (χ4n) is 3.13. The summed E-state index contributed by atoms with van der Waals surface area (Å²) in [7, 11) is 0. The van der Waals surface area contributed by atoms with E-state index in [0.717, 1.165) is 44.0 Å². The molecule has 2 aromatic rings. The molecule has 2 N–H and O–H groups in total. The molecule has 0 aliphatic carbocycles. The van der Waals surface area contributed by atoms with Gasteiger partial charge >= 0.3 is 6.09 Å². The van der Waals surface area contributed by atoms with Crippen LogP contribution in [0.3, 0.4) is 0 Å². The molecule has 1 heterocycles. The second kappa shape index (κ2) is 11.3. The second-order valence-electron chi connectivity index (χ2n) is 7.35. The van der Waals surface area contributed by atoms with E-state index in [1.54, 1.807) is 6.92 Å². The first-order valence-corrected chi connectivity index (χ1v) is 10.2. The lowest BCUT2D eigenvalue weighted by molar-refractivity contribution is -0.122. The van der Waals surface area contributed by atoms with E-state index in [0.29, 0.717) is 6.54 Å². The van der Waals surface area contributed by atoms with Gasteiger partial charge in [0.15, 0.2) is 0 Å². The lowest BCUT2D eigenvalue weighted by Crippen LogP contribution is -2.44. The third kappa shape index (κ3) is 7.17. The number of nitrogens with zero attached hydrogens (tertiary/aromatic N) is 1. The maximum Gasteiger partial charge on any atom is 0.408 e. The number of rotatable bonds is 8. The van der Waals surface area contributed by atoms with Crippen LogP contribution in [0.4, 0.5) is 4.79 Å². The number of morpholine rings is 1. The molecular formula is C23H29N3O4.